The van der Waals surface area contributed by atoms with Crippen molar-refractivity contribution in [2.24, 2.45) is 5.92 Å². The molecule has 0 N–H and O–H groups in total. The van der Waals surface area contributed by atoms with Gasteiger partial charge < -0.3 is 4.79 Å². The van der Waals surface area contributed by atoms with E-state index in [4.69, 9.17) is 0 Å². The van der Waals surface area contributed by atoms with E-state index in [-0.39, 0.29) is 11.2 Å². The van der Waals surface area contributed by atoms with Gasteiger partial charge in [0.2, 0.25) is 0 Å². The van der Waals surface area contributed by atoms with Crippen molar-refractivity contribution >= 4 is 18.9 Å². The standard InChI is InChI=1S/C6H12OS/c1-3-6(8)5(2)4-7/h4-6,8H,3H2,1-2H3/t5-,6-/m0/s1. The molecule has 0 aromatic heterocycles. The molecule has 0 spiro atoms. The molecule has 0 saturated carbocycles. The fraction of sp³-hybridized carbons (Fsp3) is 0.833. The van der Waals surface area contributed by atoms with Crippen LogP contribution in [0, 0.1) is 5.92 Å². The molecule has 0 radical (unpaired) electrons. The Hall–Kier alpha value is 0.0200. The van der Waals surface area contributed by atoms with Crippen molar-refractivity contribution in [2.45, 2.75) is 25.5 Å². The van der Waals surface area contributed by atoms with Crippen molar-refractivity contribution < 1.29 is 4.79 Å². The number of aldehydes is 1. The lowest BCUT2D eigenvalue weighted by molar-refractivity contribution is -0.110. The van der Waals surface area contributed by atoms with Crippen LogP contribution >= 0.6 is 12.6 Å². The molecule has 0 aliphatic rings. The average molecular weight is 132 g/mol. The van der Waals surface area contributed by atoms with E-state index in [1.54, 1.807) is 0 Å². The first-order valence-electron chi connectivity index (χ1n) is 2.85. The molecule has 0 aliphatic heterocycles. The van der Waals surface area contributed by atoms with E-state index in [9.17, 15) is 4.79 Å². The second kappa shape index (κ2) is 3.96. The van der Waals surface area contributed by atoms with E-state index < -0.39 is 0 Å². The summed E-state index contributed by atoms with van der Waals surface area (Å²) in [5, 5.41) is 0.243. The number of carbonyl (C=O) groups excluding carboxylic acids is 1. The first kappa shape index (κ1) is 8.02. The minimum Gasteiger partial charge on any atom is -0.303 e. The van der Waals surface area contributed by atoms with E-state index in [0.717, 1.165) is 12.7 Å². The maximum absolute atomic E-state index is 10.1. The van der Waals surface area contributed by atoms with Crippen LogP contribution < -0.4 is 0 Å². The molecule has 0 heterocycles. The highest BCUT2D eigenvalue weighted by molar-refractivity contribution is 7.81. The Morgan fingerprint density at radius 3 is 2.38 bits per heavy atom. The van der Waals surface area contributed by atoms with Gasteiger partial charge in [0.25, 0.3) is 0 Å². The molecule has 0 rings (SSSR count). The average Bonchev–Trinajstić information content (AvgIpc) is 1.84. The second-order valence-electron chi connectivity index (χ2n) is 1.97. The molecule has 48 valence electrons. The fourth-order valence-electron chi connectivity index (χ4n) is 0.462. The summed E-state index contributed by atoms with van der Waals surface area (Å²) < 4.78 is 0. The summed E-state index contributed by atoms with van der Waals surface area (Å²) in [5.74, 6) is 0.100. The van der Waals surface area contributed by atoms with Crippen molar-refractivity contribution in [1.29, 1.82) is 0 Å². The van der Waals surface area contributed by atoms with Crippen molar-refractivity contribution in [3.8, 4) is 0 Å². The Kier molecular flexibility index (Phi) is 3.97. The maximum atomic E-state index is 10.1. The van der Waals surface area contributed by atoms with Crippen LogP contribution in [0.15, 0.2) is 0 Å². The van der Waals surface area contributed by atoms with Gasteiger partial charge in [-0.2, -0.15) is 12.6 Å². The summed E-state index contributed by atoms with van der Waals surface area (Å²) in [6.45, 7) is 3.91. The molecule has 0 aliphatic carbocycles. The molecule has 0 saturated heterocycles. The molecular weight excluding hydrogens is 120 g/mol. The summed E-state index contributed by atoms with van der Waals surface area (Å²) in [4.78, 5) is 10.1. The Labute approximate surface area is 55.9 Å². The lowest BCUT2D eigenvalue weighted by atomic mass is 10.1. The van der Waals surface area contributed by atoms with Gasteiger partial charge in [-0.25, -0.2) is 0 Å². The molecule has 0 amide bonds. The van der Waals surface area contributed by atoms with E-state index in [0.29, 0.717) is 0 Å². The maximum Gasteiger partial charge on any atom is 0.123 e. The van der Waals surface area contributed by atoms with Crippen LogP contribution in [-0.2, 0) is 4.79 Å². The zero-order valence-electron chi connectivity index (χ0n) is 5.29. The SMILES string of the molecule is CC[C@H](S)[C@@H](C)C=O. The van der Waals surface area contributed by atoms with Crippen LogP contribution in [0.2, 0.25) is 0 Å². The summed E-state index contributed by atoms with van der Waals surface area (Å²) >= 11 is 4.17. The first-order chi connectivity index (χ1) is 3.72. The predicted octanol–water partition coefficient (Wildman–Crippen LogP) is 1.53. The number of hydrogen-bond acceptors (Lipinski definition) is 2. The van der Waals surface area contributed by atoms with E-state index in [1.165, 1.54) is 0 Å². The fourth-order valence-corrected chi connectivity index (χ4v) is 0.533. The van der Waals surface area contributed by atoms with Crippen LogP contribution in [0.3, 0.4) is 0 Å². The van der Waals surface area contributed by atoms with Crippen LogP contribution in [0.5, 0.6) is 0 Å². The minimum absolute atomic E-state index is 0.100. The van der Waals surface area contributed by atoms with Gasteiger partial charge in [-0.1, -0.05) is 13.8 Å². The summed E-state index contributed by atoms with van der Waals surface area (Å²) in [6, 6.07) is 0. The van der Waals surface area contributed by atoms with Crippen molar-refractivity contribution in [3.05, 3.63) is 0 Å². The number of thiol groups is 1. The van der Waals surface area contributed by atoms with Crippen LogP contribution in [-0.4, -0.2) is 11.5 Å². The number of carbonyl (C=O) groups is 1. The highest BCUT2D eigenvalue weighted by atomic mass is 32.1. The number of hydrogen-bond donors (Lipinski definition) is 1. The van der Waals surface area contributed by atoms with E-state index in [1.807, 2.05) is 13.8 Å². The largest absolute Gasteiger partial charge is 0.303 e. The third-order valence-electron chi connectivity index (χ3n) is 1.24. The van der Waals surface area contributed by atoms with E-state index >= 15 is 0 Å². The van der Waals surface area contributed by atoms with Gasteiger partial charge in [0, 0.05) is 11.2 Å². The topological polar surface area (TPSA) is 17.1 Å². The molecule has 2 atom stereocenters. The first-order valence-corrected chi connectivity index (χ1v) is 3.37. The lowest BCUT2D eigenvalue weighted by Gasteiger charge is -2.08. The van der Waals surface area contributed by atoms with Crippen LogP contribution in [0.1, 0.15) is 20.3 Å². The van der Waals surface area contributed by atoms with Gasteiger partial charge in [0.15, 0.2) is 0 Å². The number of rotatable bonds is 3. The highest BCUT2D eigenvalue weighted by Gasteiger charge is 2.07. The lowest BCUT2D eigenvalue weighted by Crippen LogP contribution is -2.10. The second-order valence-corrected chi connectivity index (χ2v) is 2.63. The molecule has 0 bridgehead atoms. The molecule has 0 aromatic carbocycles. The van der Waals surface area contributed by atoms with Gasteiger partial charge in [-0.3, -0.25) is 0 Å². The molecule has 2 heteroatoms. The molecular formula is C6H12OS. The van der Waals surface area contributed by atoms with Crippen molar-refractivity contribution in [1.82, 2.24) is 0 Å². The monoisotopic (exact) mass is 132 g/mol. The summed E-state index contributed by atoms with van der Waals surface area (Å²) in [5.41, 5.74) is 0. The minimum atomic E-state index is 0.100. The van der Waals surface area contributed by atoms with E-state index in [2.05, 4.69) is 12.6 Å². The molecule has 0 fully saturated rings. The smallest absolute Gasteiger partial charge is 0.123 e. The quantitative estimate of drug-likeness (QED) is 0.455. The molecule has 0 aromatic rings. The Morgan fingerprint density at radius 2 is 2.25 bits per heavy atom. The van der Waals surface area contributed by atoms with Gasteiger partial charge in [-0.15, -0.1) is 0 Å². The third-order valence-corrected chi connectivity index (χ3v) is 2.08. The molecule has 1 nitrogen and oxygen atoms in total. The predicted molar refractivity (Wildman–Crippen MR) is 38.3 cm³/mol. The van der Waals surface area contributed by atoms with Gasteiger partial charge >= 0.3 is 0 Å². The summed E-state index contributed by atoms with van der Waals surface area (Å²) in [7, 11) is 0. The van der Waals surface area contributed by atoms with Gasteiger partial charge in [0.05, 0.1) is 0 Å². The van der Waals surface area contributed by atoms with Crippen LogP contribution in [0.25, 0.3) is 0 Å². The third kappa shape index (κ3) is 2.36. The normalized spacial score (nSPS) is 17.4. The van der Waals surface area contributed by atoms with Gasteiger partial charge in [0.1, 0.15) is 6.29 Å². The molecule has 8 heavy (non-hydrogen) atoms. The van der Waals surface area contributed by atoms with Crippen molar-refractivity contribution in [2.75, 3.05) is 0 Å². The Balaban J connectivity index is 3.44. The summed E-state index contributed by atoms with van der Waals surface area (Å²) in [6.07, 6.45) is 1.91. The Bertz CT molecular complexity index is 72.9. The molecule has 0 unspecified atom stereocenters. The zero-order valence-corrected chi connectivity index (χ0v) is 6.19. The highest BCUT2D eigenvalue weighted by Crippen LogP contribution is 2.09. The van der Waals surface area contributed by atoms with Crippen molar-refractivity contribution in [3.63, 3.8) is 0 Å². The van der Waals surface area contributed by atoms with Gasteiger partial charge in [-0.05, 0) is 6.42 Å². The zero-order chi connectivity index (χ0) is 6.57. The van der Waals surface area contributed by atoms with Crippen LogP contribution in [0.4, 0.5) is 0 Å². The Morgan fingerprint density at radius 1 is 1.75 bits per heavy atom.